The second kappa shape index (κ2) is 4.50. The Kier molecular flexibility index (Phi) is 3.06. The van der Waals surface area contributed by atoms with E-state index in [9.17, 15) is 9.59 Å². The number of rotatable bonds is 2. The average molecular weight is 250 g/mol. The van der Waals surface area contributed by atoms with Crippen LogP contribution in [0.2, 0.25) is 0 Å². The van der Waals surface area contributed by atoms with Crippen LogP contribution in [0.25, 0.3) is 5.13 Å². The average Bonchev–Trinajstić information content (AvgIpc) is 2.75. The normalized spacial score (nSPS) is 10.2. The molecule has 2 aromatic heterocycles. The zero-order chi connectivity index (χ0) is 12.4. The highest BCUT2D eigenvalue weighted by Gasteiger charge is 2.10. The number of nitrogens with zero attached hydrogens (tertiary/aromatic N) is 2. The summed E-state index contributed by atoms with van der Waals surface area (Å²) in [7, 11) is 1.30. The Morgan fingerprint density at radius 1 is 1.47 bits per heavy atom. The molecule has 0 N–H and O–H groups in total. The summed E-state index contributed by atoms with van der Waals surface area (Å²) in [5.74, 6) is -0.480. The minimum absolute atomic E-state index is 0.230. The zero-order valence-electron chi connectivity index (χ0n) is 9.34. The number of pyridine rings is 1. The summed E-state index contributed by atoms with van der Waals surface area (Å²) in [6, 6.07) is 2.76. The maximum atomic E-state index is 11.7. The van der Waals surface area contributed by atoms with E-state index < -0.39 is 5.97 Å². The maximum Gasteiger partial charge on any atom is 0.339 e. The number of esters is 1. The standard InChI is InChI=1S/C11H10N2O3S/c1-7-5-12-11(17-7)13-6-8(10(15)16-2)3-4-9(13)14/h3-6H,1-2H3. The number of hydrogen-bond donors (Lipinski definition) is 0. The van der Waals surface area contributed by atoms with E-state index in [1.807, 2.05) is 6.92 Å². The number of thiazole rings is 1. The number of ether oxygens (including phenoxy) is 1. The van der Waals surface area contributed by atoms with Gasteiger partial charge in [0.2, 0.25) is 0 Å². The fraction of sp³-hybridized carbons (Fsp3) is 0.182. The van der Waals surface area contributed by atoms with Crippen LogP contribution < -0.4 is 5.56 Å². The number of aryl methyl sites for hydroxylation is 1. The number of aromatic nitrogens is 2. The zero-order valence-corrected chi connectivity index (χ0v) is 10.2. The summed E-state index contributed by atoms with van der Waals surface area (Å²) in [6.45, 7) is 1.90. The van der Waals surface area contributed by atoms with E-state index in [1.165, 1.54) is 41.3 Å². The Morgan fingerprint density at radius 2 is 2.24 bits per heavy atom. The van der Waals surface area contributed by atoms with Gasteiger partial charge in [-0.15, -0.1) is 11.3 Å². The molecule has 6 heteroatoms. The Hall–Kier alpha value is -1.95. The molecular formula is C11H10N2O3S. The van der Waals surface area contributed by atoms with E-state index in [-0.39, 0.29) is 5.56 Å². The maximum absolute atomic E-state index is 11.7. The predicted molar refractivity (Wildman–Crippen MR) is 63.8 cm³/mol. The van der Waals surface area contributed by atoms with Crippen molar-refractivity contribution in [2.75, 3.05) is 7.11 Å². The monoisotopic (exact) mass is 250 g/mol. The van der Waals surface area contributed by atoms with Crippen molar-refractivity contribution in [1.29, 1.82) is 0 Å². The van der Waals surface area contributed by atoms with Gasteiger partial charge in [0, 0.05) is 23.3 Å². The first kappa shape index (κ1) is 11.5. The lowest BCUT2D eigenvalue weighted by Gasteiger charge is -2.03. The largest absolute Gasteiger partial charge is 0.465 e. The van der Waals surface area contributed by atoms with Crippen LogP contribution in [0.3, 0.4) is 0 Å². The molecule has 0 saturated heterocycles. The molecule has 2 heterocycles. The van der Waals surface area contributed by atoms with Crippen LogP contribution in [0.5, 0.6) is 0 Å². The first-order valence-electron chi connectivity index (χ1n) is 4.85. The van der Waals surface area contributed by atoms with Gasteiger partial charge in [0.15, 0.2) is 5.13 Å². The van der Waals surface area contributed by atoms with Crippen molar-refractivity contribution in [3.05, 3.63) is 45.3 Å². The van der Waals surface area contributed by atoms with Crippen molar-refractivity contribution in [3.63, 3.8) is 0 Å². The molecule has 0 spiro atoms. The molecule has 0 aliphatic rings. The molecule has 0 aromatic carbocycles. The van der Waals surface area contributed by atoms with Crippen LogP contribution in [0.15, 0.2) is 29.3 Å². The molecule has 0 amide bonds. The Bertz CT molecular complexity index is 615. The van der Waals surface area contributed by atoms with Crippen LogP contribution in [0, 0.1) is 6.92 Å². The van der Waals surface area contributed by atoms with E-state index in [0.717, 1.165) is 4.88 Å². The first-order valence-corrected chi connectivity index (χ1v) is 5.67. The van der Waals surface area contributed by atoms with Crippen molar-refractivity contribution < 1.29 is 9.53 Å². The molecule has 0 aliphatic carbocycles. The SMILES string of the molecule is COC(=O)c1ccc(=O)n(-c2ncc(C)s2)c1. The second-order valence-electron chi connectivity index (χ2n) is 3.37. The lowest BCUT2D eigenvalue weighted by molar-refractivity contribution is 0.0600. The van der Waals surface area contributed by atoms with Crippen LogP contribution in [0.1, 0.15) is 15.2 Å². The summed E-state index contributed by atoms with van der Waals surface area (Å²) in [5, 5.41) is 0.540. The summed E-state index contributed by atoms with van der Waals surface area (Å²) in [5.41, 5.74) is 0.0898. The molecule has 0 atom stereocenters. The lowest BCUT2D eigenvalue weighted by Crippen LogP contribution is -2.18. The third-order valence-corrected chi connectivity index (χ3v) is 3.06. The molecule has 2 aromatic rings. The molecule has 88 valence electrons. The fourth-order valence-electron chi connectivity index (χ4n) is 1.33. The number of methoxy groups -OCH3 is 1. The fourth-order valence-corrected chi connectivity index (χ4v) is 2.07. The molecule has 0 unspecified atom stereocenters. The van der Waals surface area contributed by atoms with Gasteiger partial charge in [0.05, 0.1) is 12.7 Å². The third-order valence-electron chi connectivity index (χ3n) is 2.15. The first-order chi connectivity index (χ1) is 8.11. The van der Waals surface area contributed by atoms with Gasteiger partial charge in [-0.3, -0.25) is 9.36 Å². The smallest absolute Gasteiger partial charge is 0.339 e. The molecule has 0 aliphatic heterocycles. The summed E-state index contributed by atoms with van der Waals surface area (Å²) < 4.78 is 5.94. The van der Waals surface area contributed by atoms with E-state index in [0.29, 0.717) is 10.7 Å². The van der Waals surface area contributed by atoms with Gasteiger partial charge in [-0.2, -0.15) is 0 Å². The number of carbonyl (C=O) groups is 1. The highest BCUT2D eigenvalue weighted by atomic mass is 32.1. The van der Waals surface area contributed by atoms with Crippen molar-refractivity contribution >= 4 is 17.3 Å². The van der Waals surface area contributed by atoms with E-state index >= 15 is 0 Å². The van der Waals surface area contributed by atoms with Crippen LogP contribution in [-0.4, -0.2) is 22.6 Å². The van der Waals surface area contributed by atoms with E-state index in [1.54, 1.807) is 6.20 Å². The number of hydrogen-bond acceptors (Lipinski definition) is 5. The second-order valence-corrected chi connectivity index (χ2v) is 4.58. The molecule has 5 nitrogen and oxygen atoms in total. The van der Waals surface area contributed by atoms with Gasteiger partial charge in [-0.1, -0.05) is 0 Å². The summed E-state index contributed by atoms with van der Waals surface area (Å²) >= 11 is 1.38. The summed E-state index contributed by atoms with van der Waals surface area (Å²) in [4.78, 5) is 28.1. The van der Waals surface area contributed by atoms with Gasteiger partial charge in [0.25, 0.3) is 5.56 Å². The topological polar surface area (TPSA) is 61.2 Å². The van der Waals surface area contributed by atoms with Crippen LogP contribution in [-0.2, 0) is 4.74 Å². The Labute approximate surface area is 101 Å². The minimum Gasteiger partial charge on any atom is -0.465 e. The highest BCUT2D eigenvalue weighted by molar-refractivity contribution is 7.13. The van der Waals surface area contributed by atoms with Crippen molar-refractivity contribution in [1.82, 2.24) is 9.55 Å². The molecule has 0 bridgehead atoms. The van der Waals surface area contributed by atoms with Crippen molar-refractivity contribution in [3.8, 4) is 5.13 Å². The molecular weight excluding hydrogens is 240 g/mol. The van der Waals surface area contributed by atoms with Crippen molar-refractivity contribution in [2.24, 2.45) is 0 Å². The van der Waals surface area contributed by atoms with Gasteiger partial charge in [-0.05, 0) is 13.0 Å². The Balaban J connectivity index is 2.53. The minimum atomic E-state index is -0.480. The lowest BCUT2D eigenvalue weighted by atomic mass is 10.3. The molecule has 17 heavy (non-hydrogen) atoms. The van der Waals surface area contributed by atoms with Crippen molar-refractivity contribution in [2.45, 2.75) is 6.92 Å². The summed E-state index contributed by atoms with van der Waals surface area (Å²) in [6.07, 6.45) is 3.11. The number of carbonyl (C=O) groups excluding carboxylic acids is 1. The van der Waals surface area contributed by atoms with Gasteiger partial charge >= 0.3 is 5.97 Å². The van der Waals surface area contributed by atoms with E-state index in [4.69, 9.17) is 0 Å². The molecule has 0 fully saturated rings. The molecule has 0 saturated carbocycles. The van der Waals surface area contributed by atoms with Gasteiger partial charge in [-0.25, -0.2) is 9.78 Å². The quantitative estimate of drug-likeness (QED) is 0.756. The highest BCUT2D eigenvalue weighted by Crippen LogP contribution is 2.14. The van der Waals surface area contributed by atoms with Gasteiger partial charge < -0.3 is 4.74 Å². The van der Waals surface area contributed by atoms with Crippen LogP contribution >= 0.6 is 11.3 Å². The van der Waals surface area contributed by atoms with Crippen LogP contribution in [0.4, 0.5) is 0 Å². The predicted octanol–water partition coefficient (Wildman–Crippen LogP) is 1.39. The van der Waals surface area contributed by atoms with Gasteiger partial charge in [0.1, 0.15) is 0 Å². The van der Waals surface area contributed by atoms with E-state index in [2.05, 4.69) is 9.72 Å². The molecule has 0 radical (unpaired) electrons. The Morgan fingerprint density at radius 3 is 2.82 bits per heavy atom. The molecule has 2 rings (SSSR count). The third kappa shape index (κ3) is 2.26.